The summed E-state index contributed by atoms with van der Waals surface area (Å²) in [6, 6.07) is 3.50. The molecular formula is C17H15F5N2O. The van der Waals surface area contributed by atoms with Gasteiger partial charge in [0, 0.05) is 6.04 Å². The molecule has 0 radical (unpaired) electrons. The lowest BCUT2D eigenvalue weighted by atomic mass is 10.1. The van der Waals surface area contributed by atoms with Crippen LogP contribution < -0.4 is 10.6 Å². The molecule has 0 saturated carbocycles. The molecule has 1 amide bonds. The highest BCUT2D eigenvalue weighted by molar-refractivity contribution is 5.94. The molecule has 0 unspecified atom stereocenters. The lowest BCUT2D eigenvalue weighted by Gasteiger charge is -2.20. The van der Waals surface area contributed by atoms with Gasteiger partial charge in [0.05, 0.1) is 11.7 Å². The minimum atomic E-state index is -1.69. The Hall–Kier alpha value is -2.48. The fourth-order valence-corrected chi connectivity index (χ4v) is 2.19. The van der Waals surface area contributed by atoms with Crippen molar-refractivity contribution < 1.29 is 26.7 Å². The van der Waals surface area contributed by atoms with E-state index < -0.39 is 52.8 Å². The topological polar surface area (TPSA) is 41.1 Å². The highest BCUT2D eigenvalue weighted by Crippen LogP contribution is 2.20. The smallest absolute Gasteiger partial charge is 0.241 e. The van der Waals surface area contributed by atoms with Gasteiger partial charge in [0.1, 0.15) is 0 Å². The summed E-state index contributed by atoms with van der Waals surface area (Å²) in [7, 11) is 0. The molecule has 0 aromatic heterocycles. The van der Waals surface area contributed by atoms with Crippen LogP contribution >= 0.6 is 0 Å². The molecule has 0 heterocycles. The van der Waals surface area contributed by atoms with Crippen molar-refractivity contribution in [1.29, 1.82) is 0 Å². The van der Waals surface area contributed by atoms with Gasteiger partial charge >= 0.3 is 0 Å². The number of hydrogen-bond acceptors (Lipinski definition) is 2. The fourth-order valence-electron chi connectivity index (χ4n) is 2.19. The normalized spacial score (nSPS) is 13.4. The Morgan fingerprint density at radius 1 is 0.880 bits per heavy atom. The SMILES string of the molecule is C[C@H](N[C@H](C)C(=O)Nc1ccc(F)c(F)c1F)c1ccc(F)c(F)c1. The monoisotopic (exact) mass is 358 g/mol. The summed E-state index contributed by atoms with van der Waals surface area (Å²) in [5.41, 5.74) is -0.101. The van der Waals surface area contributed by atoms with E-state index in [9.17, 15) is 26.7 Å². The van der Waals surface area contributed by atoms with Crippen LogP contribution in [0.2, 0.25) is 0 Å². The summed E-state index contributed by atoms with van der Waals surface area (Å²) in [4.78, 5) is 12.1. The molecule has 0 fully saturated rings. The van der Waals surface area contributed by atoms with E-state index in [0.717, 1.165) is 18.2 Å². The van der Waals surface area contributed by atoms with Crippen LogP contribution in [0.3, 0.4) is 0 Å². The lowest BCUT2D eigenvalue weighted by molar-refractivity contribution is -0.118. The van der Waals surface area contributed by atoms with Gasteiger partial charge in [-0.15, -0.1) is 0 Å². The van der Waals surface area contributed by atoms with E-state index in [4.69, 9.17) is 0 Å². The van der Waals surface area contributed by atoms with Crippen molar-refractivity contribution in [1.82, 2.24) is 5.32 Å². The number of hydrogen-bond donors (Lipinski definition) is 2. The van der Waals surface area contributed by atoms with Gasteiger partial charge in [-0.2, -0.15) is 0 Å². The second-order valence-corrected chi connectivity index (χ2v) is 5.50. The number of amides is 1. The number of anilines is 1. The van der Waals surface area contributed by atoms with E-state index in [1.54, 1.807) is 6.92 Å². The molecule has 25 heavy (non-hydrogen) atoms. The molecule has 0 bridgehead atoms. The first-order chi connectivity index (χ1) is 11.7. The predicted octanol–water partition coefficient (Wildman–Crippen LogP) is 4.06. The number of benzene rings is 2. The molecule has 2 N–H and O–H groups in total. The Balaban J connectivity index is 2.05. The molecule has 0 aliphatic heterocycles. The fraction of sp³-hybridized carbons (Fsp3) is 0.235. The molecule has 0 aliphatic rings. The van der Waals surface area contributed by atoms with Crippen molar-refractivity contribution in [3.8, 4) is 0 Å². The van der Waals surface area contributed by atoms with Crippen LogP contribution in [0.4, 0.5) is 27.6 Å². The van der Waals surface area contributed by atoms with E-state index in [0.29, 0.717) is 11.6 Å². The van der Waals surface area contributed by atoms with E-state index in [-0.39, 0.29) is 0 Å². The van der Waals surface area contributed by atoms with Gasteiger partial charge in [-0.05, 0) is 43.7 Å². The maximum Gasteiger partial charge on any atom is 0.241 e. The number of carbonyl (C=O) groups is 1. The van der Waals surface area contributed by atoms with E-state index >= 15 is 0 Å². The standard InChI is InChI=1S/C17H15F5N2O/c1-8(10-3-4-11(18)13(20)7-10)23-9(2)17(25)24-14-6-5-12(19)15(21)16(14)22/h3-9,23H,1-2H3,(H,24,25)/t8-,9+/m0/s1. The Bertz CT molecular complexity index is 797. The highest BCUT2D eigenvalue weighted by Gasteiger charge is 2.20. The van der Waals surface area contributed by atoms with Gasteiger partial charge in [-0.1, -0.05) is 6.07 Å². The third-order valence-electron chi connectivity index (χ3n) is 3.63. The van der Waals surface area contributed by atoms with Crippen molar-refractivity contribution in [3.63, 3.8) is 0 Å². The molecule has 0 spiro atoms. The predicted molar refractivity (Wildman–Crippen MR) is 82.3 cm³/mol. The number of carbonyl (C=O) groups excluding carboxylic acids is 1. The maximum atomic E-state index is 13.6. The van der Waals surface area contributed by atoms with Gasteiger partial charge in [0.25, 0.3) is 0 Å². The van der Waals surface area contributed by atoms with Crippen molar-refractivity contribution in [2.45, 2.75) is 25.9 Å². The van der Waals surface area contributed by atoms with Gasteiger partial charge in [0.15, 0.2) is 29.1 Å². The van der Waals surface area contributed by atoms with Crippen LogP contribution in [0, 0.1) is 29.1 Å². The van der Waals surface area contributed by atoms with Crippen molar-refractivity contribution in [2.75, 3.05) is 5.32 Å². The molecule has 0 aliphatic carbocycles. The molecule has 2 aromatic rings. The summed E-state index contributed by atoms with van der Waals surface area (Å²) in [5, 5.41) is 4.96. The zero-order chi connectivity index (χ0) is 18.7. The molecule has 8 heteroatoms. The van der Waals surface area contributed by atoms with E-state index in [2.05, 4.69) is 10.6 Å². The summed E-state index contributed by atoms with van der Waals surface area (Å²) in [6.45, 7) is 3.07. The largest absolute Gasteiger partial charge is 0.322 e. The molecule has 134 valence electrons. The van der Waals surface area contributed by atoms with Gasteiger partial charge < -0.3 is 5.32 Å². The number of rotatable bonds is 5. The molecular weight excluding hydrogens is 343 g/mol. The summed E-state index contributed by atoms with van der Waals surface area (Å²) in [5.74, 6) is -7.28. The van der Waals surface area contributed by atoms with Gasteiger partial charge in [-0.3, -0.25) is 10.1 Å². The van der Waals surface area contributed by atoms with Crippen LogP contribution in [0.15, 0.2) is 30.3 Å². The molecule has 2 rings (SSSR count). The first kappa shape index (κ1) is 18.9. The molecule has 0 saturated heterocycles. The van der Waals surface area contributed by atoms with Crippen LogP contribution in [0.1, 0.15) is 25.5 Å². The van der Waals surface area contributed by atoms with Crippen molar-refractivity contribution in [2.24, 2.45) is 0 Å². The zero-order valence-corrected chi connectivity index (χ0v) is 13.3. The van der Waals surface area contributed by atoms with Crippen LogP contribution in [-0.2, 0) is 4.79 Å². The number of halogens is 5. The van der Waals surface area contributed by atoms with Gasteiger partial charge in [-0.25, -0.2) is 22.0 Å². The number of nitrogens with one attached hydrogen (secondary N) is 2. The summed E-state index contributed by atoms with van der Waals surface area (Å²) in [6.07, 6.45) is 0. The quantitative estimate of drug-likeness (QED) is 0.625. The third-order valence-corrected chi connectivity index (χ3v) is 3.63. The molecule has 2 atom stereocenters. The minimum absolute atomic E-state index is 0.401. The first-order valence-electron chi connectivity index (χ1n) is 7.36. The van der Waals surface area contributed by atoms with Crippen molar-refractivity contribution >= 4 is 11.6 Å². The highest BCUT2D eigenvalue weighted by atomic mass is 19.2. The van der Waals surface area contributed by atoms with Crippen LogP contribution in [-0.4, -0.2) is 11.9 Å². The van der Waals surface area contributed by atoms with Crippen LogP contribution in [0.25, 0.3) is 0 Å². The van der Waals surface area contributed by atoms with E-state index in [1.807, 2.05) is 0 Å². The van der Waals surface area contributed by atoms with Crippen molar-refractivity contribution in [3.05, 3.63) is 65.0 Å². The average molecular weight is 358 g/mol. The van der Waals surface area contributed by atoms with E-state index in [1.165, 1.54) is 13.0 Å². The maximum absolute atomic E-state index is 13.6. The Kier molecular flexibility index (Phi) is 5.73. The Labute approximate surface area is 140 Å². The zero-order valence-electron chi connectivity index (χ0n) is 13.3. The van der Waals surface area contributed by atoms with Gasteiger partial charge in [0.2, 0.25) is 5.91 Å². The Morgan fingerprint density at radius 3 is 2.16 bits per heavy atom. The van der Waals surface area contributed by atoms with Crippen LogP contribution in [0.5, 0.6) is 0 Å². The third kappa shape index (κ3) is 4.33. The average Bonchev–Trinajstić information content (AvgIpc) is 2.57. The second kappa shape index (κ2) is 7.60. The molecule has 2 aromatic carbocycles. The minimum Gasteiger partial charge on any atom is -0.322 e. The lowest BCUT2D eigenvalue weighted by Crippen LogP contribution is -2.39. The first-order valence-corrected chi connectivity index (χ1v) is 7.36. The molecule has 3 nitrogen and oxygen atoms in total. The summed E-state index contributed by atoms with van der Waals surface area (Å²) < 4.78 is 65.8. The Morgan fingerprint density at radius 2 is 1.52 bits per heavy atom. The summed E-state index contributed by atoms with van der Waals surface area (Å²) >= 11 is 0. The second-order valence-electron chi connectivity index (χ2n) is 5.50.